The normalized spacial score (nSPS) is 13.6. The molecule has 0 amide bonds. The van der Waals surface area contributed by atoms with E-state index in [1.807, 2.05) is 0 Å². The number of aromatic nitrogens is 1. The molecule has 1 aromatic heterocycles. The third-order valence-corrected chi connectivity index (χ3v) is 15.9. The van der Waals surface area contributed by atoms with Gasteiger partial charge in [0.15, 0.2) is 0 Å². The molecular weight excluding hydrogens is 884 g/mol. The molecule has 0 saturated carbocycles. The second-order valence-electron chi connectivity index (χ2n) is 19.6. The molecule has 0 atom stereocenters. The van der Waals surface area contributed by atoms with Gasteiger partial charge in [0, 0.05) is 73.3 Å². The Balaban J connectivity index is 1.03. The lowest BCUT2D eigenvalue weighted by Gasteiger charge is -2.47. The van der Waals surface area contributed by atoms with E-state index in [2.05, 4.69) is 285 Å². The molecular formula is C66H43B2N5. The molecule has 12 aromatic rings. The van der Waals surface area contributed by atoms with E-state index in [4.69, 9.17) is 0 Å². The summed E-state index contributed by atoms with van der Waals surface area (Å²) in [6.45, 7) is -0.113. The summed E-state index contributed by atoms with van der Waals surface area (Å²) in [5.74, 6) is 0. The second-order valence-corrected chi connectivity index (χ2v) is 19.6. The van der Waals surface area contributed by atoms with Crippen molar-refractivity contribution in [1.82, 2.24) is 4.57 Å². The van der Waals surface area contributed by atoms with Gasteiger partial charge in [0.05, 0.1) is 22.4 Å². The van der Waals surface area contributed by atoms with Gasteiger partial charge in [-0.1, -0.05) is 158 Å². The van der Waals surface area contributed by atoms with Crippen LogP contribution in [-0.4, -0.2) is 18.0 Å². The van der Waals surface area contributed by atoms with E-state index < -0.39 is 0 Å². The molecule has 5 nitrogen and oxygen atoms in total. The number of hydrogen-bond acceptors (Lipinski definition) is 4. The van der Waals surface area contributed by atoms with Crippen LogP contribution in [0.2, 0.25) is 0 Å². The molecule has 0 aliphatic carbocycles. The van der Waals surface area contributed by atoms with Gasteiger partial charge in [0.1, 0.15) is 0 Å². The number of nitrogens with zero attached hydrogens (tertiary/aromatic N) is 5. The summed E-state index contributed by atoms with van der Waals surface area (Å²) in [7, 11) is 0. The van der Waals surface area contributed by atoms with E-state index in [0.29, 0.717) is 0 Å². The summed E-state index contributed by atoms with van der Waals surface area (Å²) in [6.07, 6.45) is 0. The zero-order chi connectivity index (χ0) is 47.7. The Morgan fingerprint density at radius 2 is 0.562 bits per heavy atom. The molecule has 0 spiro atoms. The minimum atomic E-state index is -0.0687. The lowest BCUT2D eigenvalue weighted by Crippen LogP contribution is -2.65. The number of rotatable bonds is 5. The van der Waals surface area contributed by atoms with E-state index in [-0.39, 0.29) is 13.4 Å². The van der Waals surface area contributed by atoms with Crippen molar-refractivity contribution in [2.24, 2.45) is 0 Å². The minimum absolute atomic E-state index is 0.0442. The van der Waals surface area contributed by atoms with Crippen molar-refractivity contribution in [3.63, 3.8) is 0 Å². The number of para-hydroxylation sites is 9. The topological polar surface area (TPSA) is 17.9 Å². The van der Waals surface area contributed by atoms with Crippen molar-refractivity contribution in [2.45, 2.75) is 0 Å². The van der Waals surface area contributed by atoms with Gasteiger partial charge < -0.3 is 24.2 Å². The molecule has 4 aliphatic rings. The van der Waals surface area contributed by atoms with Crippen molar-refractivity contribution in [3.8, 4) is 5.69 Å². The Hall–Kier alpha value is -9.45. The smallest absolute Gasteiger partial charge is 0.252 e. The van der Waals surface area contributed by atoms with Crippen LogP contribution in [0.4, 0.5) is 68.2 Å². The SMILES string of the molecule is c1ccc(N2c3ccccc3B3c4cc5c(cc4N(c4ccccc4)c4cccc2c43)N(c2ccccc2-n2c3ccccc3c3ccccc32)c2cccc3c2B5c2ccccc2N3c2ccccc2)cc1. The molecule has 0 bridgehead atoms. The Kier molecular flexibility index (Phi) is 8.57. The van der Waals surface area contributed by atoms with E-state index in [1.165, 1.54) is 100 Å². The third-order valence-electron chi connectivity index (χ3n) is 15.9. The zero-order valence-corrected chi connectivity index (χ0v) is 39.7. The van der Waals surface area contributed by atoms with Gasteiger partial charge in [-0.15, -0.1) is 0 Å². The van der Waals surface area contributed by atoms with Gasteiger partial charge in [-0.2, -0.15) is 0 Å². The molecule has 5 heterocycles. The number of benzene rings is 11. The van der Waals surface area contributed by atoms with E-state index in [9.17, 15) is 0 Å². The molecule has 0 saturated heterocycles. The largest absolute Gasteiger partial charge is 0.311 e. The fraction of sp³-hybridized carbons (Fsp3) is 0. The zero-order valence-electron chi connectivity index (χ0n) is 39.7. The van der Waals surface area contributed by atoms with Crippen LogP contribution in [0, 0.1) is 0 Å². The molecule has 11 aromatic carbocycles. The molecule has 338 valence electrons. The van der Waals surface area contributed by atoms with Gasteiger partial charge in [-0.05, 0) is 136 Å². The van der Waals surface area contributed by atoms with Crippen molar-refractivity contribution >= 4 is 136 Å². The first-order valence-electron chi connectivity index (χ1n) is 25.3. The minimum Gasteiger partial charge on any atom is -0.311 e. The summed E-state index contributed by atoms with van der Waals surface area (Å²) >= 11 is 0. The van der Waals surface area contributed by atoms with Gasteiger partial charge in [0.2, 0.25) is 0 Å². The maximum atomic E-state index is 2.62. The van der Waals surface area contributed by atoms with Crippen LogP contribution in [0.1, 0.15) is 0 Å². The molecule has 0 unspecified atom stereocenters. The molecule has 0 fully saturated rings. The van der Waals surface area contributed by atoms with Crippen LogP contribution in [-0.2, 0) is 0 Å². The molecule has 16 rings (SSSR count). The summed E-state index contributed by atoms with van der Waals surface area (Å²) in [6, 6.07) is 96.8. The van der Waals surface area contributed by atoms with Crippen LogP contribution in [0.5, 0.6) is 0 Å². The summed E-state index contributed by atoms with van der Waals surface area (Å²) < 4.78 is 2.48. The highest BCUT2D eigenvalue weighted by Gasteiger charge is 2.48. The predicted octanol–water partition coefficient (Wildman–Crippen LogP) is 12.9. The van der Waals surface area contributed by atoms with Crippen LogP contribution >= 0.6 is 0 Å². The first-order valence-corrected chi connectivity index (χ1v) is 25.3. The lowest BCUT2D eigenvalue weighted by atomic mass is 9.30. The third kappa shape index (κ3) is 5.65. The van der Waals surface area contributed by atoms with Crippen molar-refractivity contribution < 1.29 is 0 Å². The maximum Gasteiger partial charge on any atom is 0.252 e. The van der Waals surface area contributed by atoms with Gasteiger partial charge in [-0.3, -0.25) is 0 Å². The van der Waals surface area contributed by atoms with Crippen LogP contribution in [0.15, 0.2) is 261 Å². The molecule has 0 radical (unpaired) electrons. The van der Waals surface area contributed by atoms with Gasteiger partial charge >= 0.3 is 0 Å². The summed E-state index contributed by atoms with van der Waals surface area (Å²) in [5.41, 5.74) is 25.3. The fourth-order valence-electron chi connectivity index (χ4n) is 13.1. The molecule has 7 heteroatoms. The maximum absolute atomic E-state index is 2.62. The lowest BCUT2D eigenvalue weighted by molar-refractivity contribution is 1.15. The molecule has 4 aliphatic heterocycles. The Morgan fingerprint density at radius 3 is 1.04 bits per heavy atom. The quantitative estimate of drug-likeness (QED) is 0.160. The monoisotopic (exact) mass is 927 g/mol. The first kappa shape index (κ1) is 40.3. The van der Waals surface area contributed by atoms with E-state index in [1.54, 1.807) is 0 Å². The fourth-order valence-corrected chi connectivity index (χ4v) is 13.1. The Morgan fingerprint density at radius 1 is 0.219 bits per heavy atom. The predicted molar refractivity (Wildman–Crippen MR) is 309 cm³/mol. The highest BCUT2D eigenvalue weighted by molar-refractivity contribution is 7.03. The standard InChI is InChI=1S/C66H43B2N5/c1-4-22-44(23-5-1)69-55-34-16-12-30-49(55)67-51-42-52-64(43-63(51)71(46-26-8-3-9-27-46)61-40-20-38-59(69)65(61)67)73(58-37-19-18-36-57(58)72-53-32-14-10-28-47(53)48-29-11-15-33-54(48)72)62-41-21-39-60-66(62)68(52)50-31-13-17-35-56(50)70(60)45-24-6-2-7-25-45/h1-43H. The van der Waals surface area contributed by atoms with Crippen LogP contribution < -0.4 is 52.4 Å². The average Bonchev–Trinajstić information content (AvgIpc) is 3.80. The second kappa shape index (κ2) is 15.5. The first-order chi connectivity index (χ1) is 36.3. The molecule has 73 heavy (non-hydrogen) atoms. The van der Waals surface area contributed by atoms with Crippen LogP contribution in [0.3, 0.4) is 0 Å². The molecule has 0 N–H and O–H groups in total. The van der Waals surface area contributed by atoms with Crippen molar-refractivity contribution in [3.05, 3.63) is 261 Å². The highest BCUT2D eigenvalue weighted by atomic mass is 15.2. The van der Waals surface area contributed by atoms with E-state index in [0.717, 1.165) is 28.4 Å². The number of anilines is 12. The summed E-state index contributed by atoms with van der Waals surface area (Å²) in [4.78, 5) is 10.1. The Labute approximate surface area is 424 Å². The van der Waals surface area contributed by atoms with Crippen LogP contribution in [0.25, 0.3) is 27.5 Å². The average molecular weight is 928 g/mol. The highest BCUT2D eigenvalue weighted by Crippen LogP contribution is 2.50. The number of hydrogen-bond donors (Lipinski definition) is 0. The van der Waals surface area contributed by atoms with Crippen molar-refractivity contribution in [2.75, 3.05) is 19.6 Å². The number of fused-ring (bicyclic) bond motifs is 11. The van der Waals surface area contributed by atoms with Gasteiger partial charge in [-0.25, -0.2) is 0 Å². The van der Waals surface area contributed by atoms with Gasteiger partial charge in [0.25, 0.3) is 13.4 Å². The van der Waals surface area contributed by atoms with Crippen molar-refractivity contribution in [1.29, 1.82) is 0 Å². The Bertz CT molecular complexity index is 4160. The summed E-state index contributed by atoms with van der Waals surface area (Å²) in [5, 5.41) is 2.48. The van der Waals surface area contributed by atoms with E-state index >= 15 is 0 Å².